The second kappa shape index (κ2) is 2.33. The van der Waals surface area contributed by atoms with Crippen molar-refractivity contribution in [1.82, 2.24) is 0 Å². The Morgan fingerprint density at radius 3 is 2.58 bits per heavy atom. The Labute approximate surface area is 71.6 Å². The predicted molar refractivity (Wildman–Crippen MR) is 47.7 cm³/mol. The first-order chi connectivity index (χ1) is 5.62. The van der Waals surface area contributed by atoms with Gasteiger partial charge in [0, 0.05) is 0 Å². The molecule has 2 rings (SSSR count). The molecule has 0 unspecified atom stereocenters. The summed E-state index contributed by atoms with van der Waals surface area (Å²) in [6, 6.07) is 4.80. The van der Waals surface area contributed by atoms with Crippen LogP contribution < -0.4 is 5.46 Å². The molecule has 1 aliphatic carbocycles. The molecule has 1 nitrogen and oxygen atoms in total. The number of hydrogen-bond acceptors (Lipinski definition) is 1. The Morgan fingerprint density at radius 2 is 2.08 bits per heavy atom. The summed E-state index contributed by atoms with van der Waals surface area (Å²) in [7, 11) is 1.71. The van der Waals surface area contributed by atoms with Crippen molar-refractivity contribution >= 4 is 13.3 Å². The quantitative estimate of drug-likeness (QED) is 0.582. The van der Waals surface area contributed by atoms with Crippen molar-refractivity contribution in [3.63, 3.8) is 0 Å². The standard InChI is InChI=1S/C9H10BFO/c10-7-5-6(1-2-8(7)11)9(12)3-4-9/h1-2,5,12H,3-4,10H2. The van der Waals surface area contributed by atoms with E-state index in [9.17, 15) is 9.50 Å². The third-order valence-corrected chi connectivity index (χ3v) is 2.42. The molecule has 1 N–H and O–H groups in total. The predicted octanol–water partition coefficient (Wildman–Crippen LogP) is 0.0655. The van der Waals surface area contributed by atoms with Crippen molar-refractivity contribution in [2.75, 3.05) is 0 Å². The van der Waals surface area contributed by atoms with Crippen LogP contribution in [0.15, 0.2) is 18.2 Å². The van der Waals surface area contributed by atoms with Crippen molar-refractivity contribution in [3.8, 4) is 0 Å². The van der Waals surface area contributed by atoms with Gasteiger partial charge in [-0.1, -0.05) is 17.6 Å². The van der Waals surface area contributed by atoms with Crippen LogP contribution in [0.3, 0.4) is 0 Å². The van der Waals surface area contributed by atoms with Gasteiger partial charge in [0.25, 0.3) is 0 Å². The Kier molecular flexibility index (Phi) is 1.52. The normalized spacial score (nSPS) is 19.2. The lowest BCUT2D eigenvalue weighted by molar-refractivity contribution is 0.151. The molecule has 62 valence electrons. The molecule has 12 heavy (non-hydrogen) atoms. The summed E-state index contributed by atoms with van der Waals surface area (Å²) in [6.07, 6.45) is 1.61. The largest absolute Gasteiger partial charge is 0.385 e. The van der Waals surface area contributed by atoms with E-state index in [4.69, 9.17) is 0 Å². The molecule has 1 aliphatic rings. The molecule has 1 saturated carbocycles. The Morgan fingerprint density at radius 1 is 1.42 bits per heavy atom. The Bertz CT molecular complexity index is 320. The summed E-state index contributed by atoms with van der Waals surface area (Å²) in [5, 5.41) is 9.69. The van der Waals surface area contributed by atoms with E-state index in [2.05, 4.69) is 0 Å². The fourth-order valence-electron chi connectivity index (χ4n) is 1.34. The molecule has 3 heteroatoms. The van der Waals surface area contributed by atoms with Crippen LogP contribution in [0.25, 0.3) is 0 Å². The third-order valence-electron chi connectivity index (χ3n) is 2.42. The highest BCUT2D eigenvalue weighted by Crippen LogP contribution is 2.44. The minimum absolute atomic E-state index is 0.206. The summed E-state index contributed by atoms with van der Waals surface area (Å²) in [5.74, 6) is -0.206. The van der Waals surface area contributed by atoms with Gasteiger partial charge in [-0.25, -0.2) is 4.39 Å². The second-order valence-electron chi connectivity index (χ2n) is 3.50. The van der Waals surface area contributed by atoms with Crippen LogP contribution in [0.2, 0.25) is 0 Å². The van der Waals surface area contributed by atoms with Crippen molar-refractivity contribution < 1.29 is 9.50 Å². The molecule has 0 aliphatic heterocycles. The Balaban J connectivity index is 2.41. The minimum atomic E-state index is -0.640. The molecule has 0 aromatic heterocycles. The molecular formula is C9H10BFO. The zero-order valence-corrected chi connectivity index (χ0v) is 6.97. The van der Waals surface area contributed by atoms with Gasteiger partial charge in [0.15, 0.2) is 0 Å². The van der Waals surface area contributed by atoms with E-state index >= 15 is 0 Å². The van der Waals surface area contributed by atoms with Gasteiger partial charge >= 0.3 is 0 Å². The van der Waals surface area contributed by atoms with Gasteiger partial charge in [0.2, 0.25) is 0 Å². The lowest BCUT2D eigenvalue weighted by Gasteiger charge is -2.08. The van der Waals surface area contributed by atoms with Gasteiger partial charge < -0.3 is 5.11 Å². The summed E-state index contributed by atoms with van der Waals surface area (Å²) in [4.78, 5) is 0. The molecule has 0 amide bonds. The van der Waals surface area contributed by atoms with Crippen LogP contribution in [-0.4, -0.2) is 13.0 Å². The van der Waals surface area contributed by atoms with E-state index in [1.54, 1.807) is 20.0 Å². The zero-order valence-electron chi connectivity index (χ0n) is 6.97. The first-order valence-electron chi connectivity index (χ1n) is 4.11. The summed E-state index contributed by atoms with van der Waals surface area (Å²) < 4.78 is 12.8. The molecule has 0 radical (unpaired) electrons. The number of benzene rings is 1. The van der Waals surface area contributed by atoms with E-state index in [0.717, 1.165) is 18.4 Å². The van der Waals surface area contributed by atoms with Crippen LogP contribution in [0, 0.1) is 5.82 Å². The number of hydrogen-bond donors (Lipinski definition) is 1. The molecule has 0 saturated heterocycles. The topological polar surface area (TPSA) is 20.2 Å². The minimum Gasteiger partial charge on any atom is -0.385 e. The maximum absolute atomic E-state index is 12.8. The molecule has 0 bridgehead atoms. The number of aliphatic hydroxyl groups is 1. The Hall–Kier alpha value is -0.825. The lowest BCUT2D eigenvalue weighted by Crippen LogP contribution is -2.13. The van der Waals surface area contributed by atoms with Crippen molar-refractivity contribution in [2.24, 2.45) is 0 Å². The summed E-state index contributed by atoms with van der Waals surface area (Å²) >= 11 is 0. The molecule has 0 atom stereocenters. The second-order valence-corrected chi connectivity index (χ2v) is 3.50. The van der Waals surface area contributed by atoms with Crippen LogP contribution >= 0.6 is 0 Å². The van der Waals surface area contributed by atoms with E-state index in [1.807, 2.05) is 0 Å². The SMILES string of the molecule is Bc1cc(C2(O)CC2)ccc1F. The third kappa shape index (κ3) is 1.14. The maximum Gasteiger partial charge on any atom is 0.143 e. The first-order valence-corrected chi connectivity index (χ1v) is 4.11. The summed E-state index contributed by atoms with van der Waals surface area (Å²) in [5.41, 5.74) is 0.813. The van der Waals surface area contributed by atoms with Gasteiger partial charge in [-0.3, -0.25) is 0 Å². The molecule has 0 spiro atoms. The van der Waals surface area contributed by atoms with Crippen LogP contribution in [0.4, 0.5) is 4.39 Å². The van der Waals surface area contributed by atoms with Gasteiger partial charge in [-0.2, -0.15) is 0 Å². The average molecular weight is 164 g/mol. The van der Waals surface area contributed by atoms with E-state index < -0.39 is 5.60 Å². The highest BCUT2D eigenvalue weighted by atomic mass is 19.1. The van der Waals surface area contributed by atoms with Crippen LogP contribution in [0.1, 0.15) is 18.4 Å². The molecular weight excluding hydrogens is 154 g/mol. The van der Waals surface area contributed by atoms with Crippen LogP contribution in [-0.2, 0) is 5.60 Å². The first kappa shape index (κ1) is 7.81. The van der Waals surface area contributed by atoms with Crippen molar-refractivity contribution in [1.29, 1.82) is 0 Å². The molecule has 1 aromatic rings. The smallest absolute Gasteiger partial charge is 0.143 e. The molecule has 1 fully saturated rings. The number of halogens is 1. The van der Waals surface area contributed by atoms with Crippen LogP contribution in [0.5, 0.6) is 0 Å². The van der Waals surface area contributed by atoms with Gasteiger partial charge in [-0.05, 0) is 24.5 Å². The van der Waals surface area contributed by atoms with Gasteiger partial charge in [0.05, 0.1) is 5.60 Å². The fourth-order valence-corrected chi connectivity index (χ4v) is 1.34. The fraction of sp³-hybridized carbons (Fsp3) is 0.333. The molecule has 1 aromatic carbocycles. The van der Waals surface area contributed by atoms with Crippen molar-refractivity contribution in [2.45, 2.75) is 18.4 Å². The van der Waals surface area contributed by atoms with Gasteiger partial charge in [0.1, 0.15) is 13.7 Å². The lowest BCUT2D eigenvalue weighted by atomic mass is 9.92. The van der Waals surface area contributed by atoms with E-state index in [0.29, 0.717) is 5.46 Å². The monoisotopic (exact) mass is 164 g/mol. The zero-order chi connectivity index (χ0) is 8.77. The average Bonchev–Trinajstić information content (AvgIpc) is 2.75. The maximum atomic E-state index is 12.8. The number of rotatable bonds is 1. The van der Waals surface area contributed by atoms with Crippen molar-refractivity contribution in [3.05, 3.63) is 29.6 Å². The highest BCUT2D eigenvalue weighted by Gasteiger charge is 2.42. The summed E-state index contributed by atoms with van der Waals surface area (Å²) in [6.45, 7) is 0. The van der Waals surface area contributed by atoms with E-state index in [-0.39, 0.29) is 5.82 Å². The highest BCUT2D eigenvalue weighted by molar-refractivity contribution is 6.32. The molecule has 0 heterocycles. The van der Waals surface area contributed by atoms with Gasteiger partial charge in [-0.15, -0.1) is 0 Å². The van der Waals surface area contributed by atoms with E-state index in [1.165, 1.54) is 6.07 Å².